The van der Waals surface area contributed by atoms with Crippen LogP contribution in [0.1, 0.15) is 0 Å². The first-order valence-electron chi connectivity index (χ1n) is 6.78. The van der Waals surface area contributed by atoms with E-state index < -0.39 is 0 Å². The smallest absolute Gasteiger partial charge is 0.173 e. The van der Waals surface area contributed by atoms with Crippen molar-refractivity contribution < 1.29 is 0 Å². The molecule has 21 heavy (non-hydrogen) atoms. The first-order chi connectivity index (χ1) is 10.4. The van der Waals surface area contributed by atoms with Crippen LogP contribution in [-0.4, -0.2) is 9.36 Å². The third-order valence-corrected chi connectivity index (χ3v) is 4.22. The van der Waals surface area contributed by atoms with Crippen molar-refractivity contribution >= 4 is 22.3 Å². The molecule has 4 rings (SSSR count). The van der Waals surface area contributed by atoms with Crippen LogP contribution in [0.15, 0.2) is 72.8 Å². The Labute approximate surface area is 126 Å². The molecule has 3 aromatic carbocycles. The van der Waals surface area contributed by atoms with E-state index in [9.17, 15) is 0 Å². The normalized spacial score (nSPS) is 10.9. The Balaban J connectivity index is 1.77. The Bertz CT molecular complexity index is 897. The summed E-state index contributed by atoms with van der Waals surface area (Å²) in [5.74, 6) is 0.795. The molecule has 0 radical (unpaired) electrons. The fourth-order valence-electron chi connectivity index (χ4n) is 2.37. The van der Waals surface area contributed by atoms with E-state index in [1.54, 1.807) is 0 Å². The maximum absolute atomic E-state index is 4.66. The summed E-state index contributed by atoms with van der Waals surface area (Å²) in [4.78, 5) is 4.66. The second-order valence-corrected chi connectivity index (χ2v) is 5.60. The molecule has 0 unspecified atom stereocenters. The van der Waals surface area contributed by atoms with Gasteiger partial charge in [-0.2, -0.15) is 4.37 Å². The molecule has 100 valence electrons. The average Bonchev–Trinajstić information content (AvgIpc) is 3.05. The van der Waals surface area contributed by atoms with E-state index in [4.69, 9.17) is 0 Å². The number of hydrogen-bond acceptors (Lipinski definition) is 3. The SMILES string of the molecule is c1ccc(-c2nsc(-c3ccc4ccccc4c3)n2)cc1. The summed E-state index contributed by atoms with van der Waals surface area (Å²) in [6.07, 6.45) is 0. The third kappa shape index (κ3) is 2.32. The van der Waals surface area contributed by atoms with Gasteiger partial charge < -0.3 is 0 Å². The fourth-order valence-corrected chi connectivity index (χ4v) is 3.05. The molecule has 0 atom stereocenters. The highest BCUT2D eigenvalue weighted by Crippen LogP contribution is 2.28. The molecule has 1 aromatic heterocycles. The molecular formula is C18H12N2S. The zero-order valence-electron chi connectivity index (χ0n) is 11.2. The van der Waals surface area contributed by atoms with Gasteiger partial charge in [-0.25, -0.2) is 4.98 Å². The Hall–Kier alpha value is -2.52. The molecule has 4 aromatic rings. The van der Waals surface area contributed by atoms with E-state index in [1.165, 1.54) is 22.3 Å². The number of aromatic nitrogens is 2. The molecule has 0 bridgehead atoms. The summed E-state index contributed by atoms with van der Waals surface area (Å²) in [6, 6.07) is 24.8. The number of rotatable bonds is 2. The van der Waals surface area contributed by atoms with Gasteiger partial charge >= 0.3 is 0 Å². The van der Waals surface area contributed by atoms with Gasteiger partial charge in [0.2, 0.25) is 0 Å². The van der Waals surface area contributed by atoms with Gasteiger partial charge in [-0.3, -0.25) is 0 Å². The minimum Gasteiger partial charge on any atom is -0.215 e. The van der Waals surface area contributed by atoms with E-state index in [0.29, 0.717) is 0 Å². The van der Waals surface area contributed by atoms with Crippen LogP contribution in [0.25, 0.3) is 32.7 Å². The molecule has 0 N–H and O–H groups in total. The van der Waals surface area contributed by atoms with Crippen molar-refractivity contribution in [2.45, 2.75) is 0 Å². The quantitative estimate of drug-likeness (QED) is 0.517. The molecule has 0 fully saturated rings. The van der Waals surface area contributed by atoms with Crippen LogP contribution in [0, 0.1) is 0 Å². The molecule has 0 aliphatic rings. The van der Waals surface area contributed by atoms with Crippen LogP contribution in [0.5, 0.6) is 0 Å². The first-order valence-corrected chi connectivity index (χ1v) is 7.56. The number of hydrogen-bond donors (Lipinski definition) is 0. The molecule has 0 spiro atoms. The predicted molar refractivity (Wildman–Crippen MR) is 88.3 cm³/mol. The van der Waals surface area contributed by atoms with Crippen molar-refractivity contribution in [3.63, 3.8) is 0 Å². The summed E-state index contributed by atoms with van der Waals surface area (Å²) in [5, 5.41) is 3.43. The topological polar surface area (TPSA) is 25.8 Å². The van der Waals surface area contributed by atoms with Crippen molar-refractivity contribution in [2.24, 2.45) is 0 Å². The molecule has 1 heterocycles. The highest BCUT2D eigenvalue weighted by atomic mass is 32.1. The Morgan fingerprint density at radius 2 is 1.43 bits per heavy atom. The first kappa shape index (κ1) is 12.2. The Morgan fingerprint density at radius 1 is 0.667 bits per heavy atom. The van der Waals surface area contributed by atoms with Gasteiger partial charge in [0.25, 0.3) is 0 Å². The van der Waals surface area contributed by atoms with Crippen molar-refractivity contribution in [1.82, 2.24) is 9.36 Å². The van der Waals surface area contributed by atoms with Crippen molar-refractivity contribution in [2.75, 3.05) is 0 Å². The lowest BCUT2D eigenvalue weighted by molar-refractivity contribution is 1.33. The second kappa shape index (κ2) is 5.11. The lowest BCUT2D eigenvalue weighted by atomic mass is 10.1. The molecular weight excluding hydrogens is 276 g/mol. The van der Waals surface area contributed by atoms with E-state index >= 15 is 0 Å². The third-order valence-electron chi connectivity index (χ3n) is 3.45. The van der Waals surface area contributed by atoms with E-state index in [0.717, 1.165) is 22.0 Å². The molecule has 0 aliphatic heterocycles. The summed E-state index contributed by atoms with van der Waals surface area (Å²) in [5.41, 5.74) is 2.18. The number of nitrogens with zero attached hydrogens (tertiary/aromatic N) is 2. The molecule has 0 aliphatic carbocycles. The molecule has 0 saturated heterocycles. The highest BCUT2D eigenvalue weighted by Gasteiger charge is 2.08. The Kier molecular flexibility index (Phi) is 2.98. The van der Waals surface area contributed by atoms with Crippen molar-refractivity contribution in [3.05, 3.63) is 72.8 Å². The van der Waals surface area contributed by atoms with E-state index in [-0.39, 0.29) is 0 Å². The zero-order valence-corrected chi connectivity index (χ0v) is 12.0. The number of fused-ring (bicyclic) bond motifs is 1. The minimum atomic E-state index is 0.795. The van der Waals surface area contributed by atoms with Gasteiger partial charge in [0.1, 0.15) is 5.01 Å². The standard InChI is InChI=1S/C18H12N2S/c1-2-7-14(8-3-1)17-19-18(21-20-17)16-11-10-13-6-4-5-9-15(13)12-16/h1-12H. The van der Waals surface area contributed by atoms with Gasteiger partial charge in [-0.05, 0) is 28.4 Å². The predicted octanol–water partition coefficient (Wildman–Crippen LogP) is 5.03. The van der Waals surface area contributed by atoms with E-state index in [1.807, 2.05) is 30.3 Å². The van der Waals surface area contributed by atoms with Crippen LogP contribution in [0.4, 0.5) is 0 Å². The summed E-state index contributed by atoms with van der Waals surface area (Å²) < 4.78 is 4.47. The van der Waals surface area contributed by atoms with Gasteiger partial charge in [-0.15, -0.1) is 0 Å². The van der Waals surface area contributed by atoms with Crippen molar-refractivity contribution in [3.8, 4) is 22.0 Å². The Morgan fingerprint density at radius 3 is 2.29 bits per heavy atom. The second-order valence-electron chi connectivity index (χ2n) is 4.85. The molecule has 2 nitrogen and oxygen atoms in total. The number of benzene rings is 3. The fraction of sp³-hybridized carbons (Fsp3) is 0. The minimum absolute atomic E-state index is 0.795. The maximum atomic E-state index is 4.66. The monoisotopic (exact) mass is 288 g/mol. The van der Waals surface area contributed by atoms with Gasteiger partial charge in [0.05, 0.1) is 0 Å². The summed E-state index contributed by atoms with van der Waals surface area (Å²) >= 11 is 1.44. The molecule has 3 heteroatoms. The lowest BCUT2D eigenvalue weighted by Gasteiger charge is -2.00. The van der Waals surface area contributed by atoms with Crippen LogP contribution in [-0.2, 0) is 0 Å². The highest BCUT2D eigenvalue weighted by molar-refractivity contribution is 7.09. The van der Waals surface area contributed by atoms with Gasteiger partial charge in [0.15, 0.2) is 5.82 Å². The van der Waals surface area contributed by atoms with Crippen LogP contribution in [0.3, 0.4) is 0 Å². The van der Waals surface area contributed by atoms with E-state index in [2.05, 4.69) is 51.8 Å². The summed E-state index contributed by atoms with van der Waals surface area (Å²) in [6.45, 7) is 0. The van der Waals surface area contributed by atoms with Gasteiger partial charge in [0, 0.05) is 11.1 Å². The summed E-state index contributed by atoms with van der Waals surface area (Å²) in [7, 11) is 0. The van der Waals surface area contributed by atoms with Crippen molar-refractivity contribution in [1.29, 1.82) is 0 Å². The van der Waals surface area contributed by atoms with Gasteiger partial charge in [-0.1, -0.05) is 66.7 Å². The maximum Gasteiger partial charge on any atom is 0.173 e. The largest absolute Gasteiger partial charge is 0.215 e. The average molecular weight is 288 g/mol. The lowest BCUT2D eigenvalue weighted by Crippen LogP contribution is -1.81. The zero-order chi connectivity index (χ0) is 14.1. The van der Waals surface area contributed by atoms with Crippen LogP contribution >= 0.6 is 11.5 Å². The van der Waals surface area contributed by atoms with Crippen LogP contribution < -0.4 is 0 Å². The molecule has 0 saturated carbocycles. The van der Waals surface area contributed by atoms with Crippen LogP contribution in [0.2, 0.25) is 0 Å². The molecule has 0 amide bonds.